The topological polar surface area (TPSA) is 58.2 Å². The number of hydrogen-bond acceptors (Lipinski definition) is 2. The summed E-state index contributed by atoms with van der Waals surface area (Å²) in [4.78, 5) is 24.0. The molecule has 1 fully saturated rings. The Morgan fingerprint density at radius 3 is 2.61 bits per heavy atom. The first-order valence-electron chi connectivity index (χ1n) is 8.27. The van der Waals surface area contributed by atoms with Crippen molar-refractivity contribution in [1.29, 1.82) is 0 Å². The van der Waals surface area contributed by atoms with Gasteiger partial charge in [0.25, 0.3) is 0 Å². The average molecular weight is 337 g/mol. The third-order valence-corrected chi connectivity index (χ3v) is 4.83. The number of halogens is 1. The van der Waals surface area contributed by atoms with E-state index in [1.807, 2.05) is 24.3 Å². The summed E-state index contributed by atoms with van der Waals surface area (Å²) >= 11 is 6.12. The van der Waals surface area contributed by atoms with E-state index in [2.05, 4.69) is 10.6 Å². The fourth-order valence-corrected chi connectivity index (χ4v) is 3.43. The van der Waals surface area contributed by atoms with Crippen LogP contribution in [0.4, 0.5) is 0 Å². The standard InChI is InChI=1S/C18H25ClN2O2/c1-12(10-16(22)20-2)18(23)21-17(13-6-3-4-7-13)14-8-5-9-15(19)11-14/h5,8-9,11-13,17H,3-4,6-7,10H2,1-2H3,(H,20,22)(H,21,23). The molecular formula is C18H25ClN2O2. The molecule has 0 radical (unpaired) electrons. The molecule has 1 saturated carbocycles. The van der Waals surface area contributed by atoms with Gasteiger partial charge in [-0.3, -0.25) is 9.59 Å². The normalized spacial score (nSPS) is 17.5. The zero-order valence-electron chi connectivity index (χ0n) is 13.8. The largest absolute Gasteiger partial charge is 0.359 e. The first-order chi connectivity index (χ1) is 11.0. The lowest BCUT2D eigenvalue weighted by molar-refractivity contribution is -0.130. The third kappa shape index (κ3) is 4.96. The zero-order valence-corrected chi connectivity index (χ0v) is 14.5. The number of amides is 2. The second-order valence-electron chi connectivity index (χ2n) is 6.36. The molecule has 1 aliphatic carbocycles. The number of rotatable bonds is 6. The maximum atomic E-state index is 12.5. The lowest BCUT2D eigenvalue weighted by Crippen LogP contribution is -2.37. The van der Waals surface area contributed by atoms with Crippen molar-refractivity contribution in [3.05, 3.63) is 34.9 Å². The highest BCUT2D eigenvalue weighted by atomic mass is 35.5. The lowest BCUT2D eigenvalue weighted by Gasteiger charge is -2.27. The molecule has 23 heavy (non-hydrogen) atoms. The van der Waals surface area contributed by atoms with Gasteiger partial charge in [-0.25, -0.2) is 0 Å². The second kappa shape index (κ2) is 8.34. The first kappa shape index (κ1) is 17.8. The van der Waals surface area contributed by atoms with E-state index in [4.69, 9.17) is 11.6 Å². The van der Waals surface area contributed by atoms with Gasteiger partial charge in [0, 0.05) is 24.4 Å². The molecule has 0 aliphatic heterocycles. The molecule has 2 amide bonds. The number of carbonyl (C=O) groups is 2. The van der Waals surface area contributed by atoms with E-state index in [0.717, 1.165) is 18.4 Å². The van der Waals surface area contributed by atoms with Gasteiger partial charge in [-0.05, 0) is 36.5 Å². The van der Waals surface area contributed by atoms with Gasteiger partial charge in [-0.1, -0.05) is 43.5 Å². The van der Waals surface area contributed by atoms with Gasteiger partial charge < -0.3 is 10.6 Å². The highest BCUT2D eigenvalue weighted by molar-refractivity contribution is 6.30. The molecule has 1 aromatic rings. The molecule has 1 aromatic carbocycles. The molecular weight excluding hydrogens is 312 g/mol. The van der Waals surface area contributed by atoms with Gasteiger partial charge in [-0.15, -0.1) is 0 Å². The van der Waals surface area contributed by atoms with Gasteiger partial charge in [0.15, 0.2) is 0 Å². The molecule has 5 heteroatoms. The van der Waals surface area contributed by atoms with Crippen LogP contribution >= 0.6 is 11.6 Å². The minimum absolute atomic E-state index is 0.0316. The molecule has 2 N–H and O–H groups in total. The van der Waals surface area contributed by atoms with E-state index in [0.29, 0.717) is 10.9 Å². The van der Waals surface area contributed by atoms with E-state index < -0.39 is 0 Å². The van der Waals surface area contributed by atoms with Crippen molar-refractivity contribution in [2.24, 2.45) is 11.8 Å². The Hall–Kier alpha value is -1.55. The Morgan fingerprint density at radius 2 is 2.00 bits per heavy atom. The molecule has 0 aromatic heterocycles. The quantitative estimate of drug-likeness (QED) is 0.835. The van der Waals surface area contributed by atoms with Crippen molar-refractivity contribution in [2.75, 3.05) is 7.05 Å². The number of hydrogen-bond donors (Lipinski definition) is 2. The maximum absolute atomic E-state index is 12.5. The predicted molar refractivity (Wildman–Crippen MR) is 92.1 cm³/mol. The number of benzene rings is 1. The Balaban J connectivity index is 2.11. The summed E-state index contributed by atoms with van der Waals surface area (Å²) in [7, 11) is 1.58. The van der Waals surface area contributed by atoms with Gasteiger partial charge >= 0.3 is 0 Å². The van der Waals surface area contributed by atoms with Crippen LogP contribution in [0.15, 0.2) is 24.3 Å². The Bertz CT molecular complexity index is 556. The van der Waals surface area contributed by atoms with Crippen LogP contribution in [0, 0.1) is 11.8 Å². The molecule has 0 saturated heterocycles. The molecule has 126 valence electrons. The molecule has 0 heterocycles. The summed E-state index contributed by atoms with van der Waals surface area (Å²) in [5, 5.41) is 6.39. The molecule has 2 rings (SSSR count). The molecule has 4 nitrogen and oxygen atoms in total. The second-order valence-corrected chi connectivity index (χ2v) is 6.80. The van der Waals surface area contributed by atoms with Crippen molar-refractivity contribution in [3.63, 3.8) is 0 Å². The monoisotopic (exact) mass is 336 g/mol. The number of nitrogens with one attached hydrogen (secondary N) is 2. The van der Waals surface area contributed by atoms with Gasteiger partial charge in [0.1, 0.15) is 0 Å². The van der Waals surface area contributed by atoms with E-state index >= 15 is 0 Å². The highest BCUT2D eigenvalue weighted by Crippen LogP contribution is 2.36. The van der Waals surface area contributed by atoms with Crippen molar-refractivity contribution in [2.45, 2.75) is 45.1 Å². The minimum Gasteiger partial charge on any atom is -0.359 e. The van der Waals surface area contributed by atoms with Crippen LogP contribution in [0.25, 0.3) is 0 Å². The highest BCUT2D eigenvalue weighted by Gasteiger charge is 2.29. The predicted octanol–water partition coefficient (Wildman–Crippen LogP) is 3.46. The van der Waals surface area contributed by atoms with Gasteiger partial charge in [-0.2, -0.15) is 0 Å². The number of carbonyl (C=O) groups excluding carboxylic acids is 2. The fourth-order valence-electron chi connectivity index (χ4n) is 3.23. The Kier molecular flexibility index (Phi) is 6.46. The van der Waals surface area contributed by atoms with E-state index in [1.165, 1.54) is 12.8 Å². The van der Waals surface area contributed by atoms with Crippen LogP contribution < -0.4 is 10.6 Å². The van der Waals surface area contributed by atoms with Crippen molar-refractivity contribution < 1.29 is 9.59 Å². The van der Waals surface area contributed by atoms with E-state index in [1.54, 1.807) is 14.0 Å². The van der Waals surface area contributed by atoms with Crippen LogP contribution in [-0.4, -0.2) is 18.9 Å². The third-order valence-electron chi connectivity index (χ3n) is 4.59. The summed E-state index contributed by atoms with van der Waals surface area (Å²) in [6.45, 7) is 1.79. The van der Waals surface area contributed by atoms with Crippen molar-refractivity contribution in [3.8, 4) is 0 Å². The van der Waals surface area contributed by atoms with Gasteiger partial charge in [0.2, 0.25) is 11.8 Å². The SMILES string of the molecule is CNC(=O)CC(C)C(=O)NC(c1cccc(Cl)c1)C1CCCC1. The lowest BCUT2D eigenvalue weighted by atomic mass is 9.91. The summed E-state index contributed by atoms with van der Waals surface area (Å²) in [6, 6.07) is 7.66. The fraction of sp³-hybridized carbons (Fsp3) is 0.556. The van der Waals surface area contributed by atoms with Crippen LogP contribution in [0.1, 0.15) is 50.6 Å². The van der Waals surface area contributed by atoms with Gasteiger partial charge in [0.05, 0.1) is 6.04 Å². The van der Waals surface area contributed by atoms with Crippen LogP contribution in [0.2, 0.25) is 5.02 Å². The Morgan fingerprint density at radius 1 is 1.30 bits per heavy atom. The smallest absolute Gasteiger partial charge is 0.223 e. The molecule has 1 aliphatic rings. The van der Waals surface area contributed by atoms with E-state index in [9.17, 15) is 9.59 Å². The first-order valence-corrected chi connectivity index (χ1v) is 8.65. The molecule has 0 bridgehead atoms. The van der Waals surface area contributed by atoms with Crippen molar-refractivity contribution in [1.82, 2.24) is 10.6 Å². The van der Waals surface area contributed by atoms with Crippen LogP contribution in [0.3, 0.4) is 0 Å². The average Bonchev–Trinajstić information content (AvgIpc) is 3.06. The summed E-state index contributed by atoms with van der Waals surface area (Å²) in [5.41, 5.74) is 1.05. The molecule has 0 spiro atoms. The van der Waals surface area contributed by atoms with Crippen molar-refractivity contribution >= 4 is 23.4 Å². The summed E-state index contributed by atoms with van der Waals surface area (Å²) < 4.78 is 0. The van der Waals surface area contributed by atoms with Crippen LogP contribution in [0.5, 0.6) is 0 Å². The maximum Gasteiger partial charge on any atom is 0.223 e. The van der Waals surface area contributed by atoms with E-state index in [-0.39, 0.29) is 30.2 Å². The zero-order chi connectivity index (χ0) is 16.8. The molecule has 2 atom stereocenters. The molecule has 2 unspecified atom stereocenters. The van der Waals surface area contributed by atoms with Crippen LogP contribution in [-0.2, 0) is 9.59 Å². The minimum atomic E-state index is -0.349. The summed E-state index contributed by atoms with van der Waals surface area (Å²) in [6.07, 6.45) is 4.83. The summed E-state index contributed by atoms with van der Waals surface area (Å²) in [5.74, 6) is -0.110. The Labute approximate surface area is 143 Å².